The third-order valence-electron chi connectivity index (χ3n) is 4.16. The second-order valence-electron chi connectivity index (χ2n) is 5.54. The Balaban J connectivity index is 1.62. The summed E-state index contributed by atoms with van der Waals surface area (Å²) in [6.45, 7) is 0.291. The molecule has 0 fully saturated rings. The van der Waals surface area contributed by atoms with E-state index in [-0.39, 0.29) is 6.04 Å². The molecule has 21 heavy (non-hydrogen) atoms. The van der Waals surface area contributed by atoms with E-state index in [4.69, 9.17) is 9.47 Å². The van der Waals surface area contributed by atoms with Crippen molar-refractivity contribution < 1.29 is 14.6 Å². The number of hydrogen-bond donors (Lipinski definition) is 2. The highest BCUT2D eigenvalue weighted by atomic mass is 16.7. The minimum atomic E-state index is 0.223. The van der Waals surface area contributed by atoms with Gasteiger partial charge in [0, 0.05) is 11.8 Å². The molecule has 4 heteroatoms. The largest absolute Gasteiger partial charge is 0.508 e. The summed E-state index contributed by atoms with van der Waals surface area (Å²) < 4.78 is 10.7. The van der Waals surface area contributed by atoms with Crippen LogP contribution in [0, 0.1) is 0 Å². The van der Waals surface area contributed by atoms with Crippen LogP contribution in [-0.2, 0) is 6.42 Å². The van der Waals surface area contributed by atoms with Crippen molar-refractivity contribution in [2.45, 2.75) is 25.3 Å². The first kappa shape index (κ1) is 12.4. The molecular formula is C17H17NO3. The molecule has 0 spiro atoms. The average Bonchev–Trinajstić information content (AvgIpc) is 2.95. The predicted octanol–water partition coefficient (Wildman–Crippen LogP) is 3.61. The fraction of sp³-hybridized carbons (Fsp3) is 0.294. The van der Waals surface area contributed by atoms with Gasteiger partial charge in [0.05, 0.1) is 6.04 Å². The standard InChI is InChI=1S/C17H17NO3/c19-13-6-4-11-2-1-3-15(14(11)9-13)18-12-5-7-16-17(8-12)21-10-20-16/h4-9,15,18-19H,1-3,10H2. The van der Waals surface area contributed by atoms with Crippen LogP contribution in [-0.4, -0.2) is 11.9 Å². The van der Waals surface area contributed by atoms with Crippen LogP contribution in [0.4, 0.5) is 5.69 Å². The van der Waals surface area contributed by atoms with E-state index in [0.717, 1.165) is 36.4 Å². The van der Waals surface area contributed by atoms with Gasteiger partial charge < -0.3 is 19.9 Å². The molecule has 2 aromatic carbocycles. The maximum absolute atomic E-state index is 9.73. The molecule has 4 rings (SSSR count). The van der Waals surface area contributed by atoms with Gasteiger partial charge in [-0.05, 0) is 54.7 Å². The molecular weight excluding hydrogens is 266 g/mol. The highest BCUT2D eigenvalue weighted by Crippen LogP contribution is 2.38. The summed E-state index contributed by atoms with van der Waals surface area (Å²) in [5.74, 6) is 1.90. The van der Waals surface area contributed by atoms with E-state index < -0.39 is 0 Å². The van der Waals surface area contributed by atoms with E-state index in [2.05, 4.69) is 5.32 Å². The quantitative estimate of drug-likeness (QED) is 0.884. The molecule has 1 unspecified atom stereocenters. The number of fused-ring (bicyclic) bond motifs is 2. The molecule has 1 aliphatic heterocycles. The first-order valence-corrected chi connectivity index (χ1v) is 7.27. The van der Waals surface area contributed by atoms with Crippen molar-refractivity contribution in [2.24, 2.45) is 0 Å². The van der Waals surface area contributed by atoms with Gasteiger partial charge in [0.25, 0.3) is 0 Å². The Kier molecular flexibility index (Phi) is 2.88. The summed E-state index contributed by atoms with van der Waals surface area (Å²) in [5, 5.41) is 13.3. The number of ether oxygens (including phenoxy) is 2. The number of hydrogen-bond acceptors (Lipinski definition) is 4. The SMILES string of the molecule is Oc1ccc2c(c1)C(Nc1ccc3c(c1)OCO3)CCC2. The third-order valence-corrected chi connectivity index (χ3v) is 4.16. The monoisotopic (exact) mass is 283 g/mol. The number of phenols is 1. The van der Waals surface area contributed by atoms with E-state index in [1.807, 2.05) is 30.3 Å². The summed E-state index contributed by atoms with van der Waals surface area (Å²) in [7, 11) is 0. The molecule has 0 radical (unpaired) electrons. The molecule has 2 aromatic rings. The van der Waals surface area contributed by atoms with Crippen LogP contribution < -0.4 is 14.8 Å². The first-order chi connectivity index (χ1) is 10.3. The number of nitrogens with one attached hydrogen (secondary N) is 1. The number of anilines is 1. The van der Waals surface area contributed by atoms with Crippen LogP contribution in [0.25, 0.3) is 0 Å². The van der Waals surface area contributed by atoms with E-state index in [1.165, 1.54) is 11.1 Å². The van der Waals surface area contributed by atoms with E-state index in [0.29, 0.717) is 12.5 Å². The predicted molar refractivity (Wildman–Crippen MR) is 80.0 cm³/mol. The zero-order chi connectivity index (χ0) is 14.2. The third kappa shape index (κ3) is 2.27. The van der Waals surface area contributed by atoms with Crippen molar-refractivity contribution in [3.05, 3.63) is 47.5 Å². The van der Waals surface area contributed by atoms with Gasteiger partial charge in [0.1, 0.15) is 5.75 Å². The van der Waals surface area contributed by atoms with Crippen LogP contribution in [0.15, 0.2) is 36.4 Å². The minimum Gasteiger partial charge on any atom is -0.508 e. The summed E-state index contributed by atoms with van der Waals surface area (Å²) in [5.41, 5.74) is 3.52. The molecule has 0 amide bonds. The molecule has 108 valence electrons. The van der Waals surface area contributed by atoms with E-state index in [9.17, 15) is 5.11 Å². The molecule has 0 saturated heterocycles. The van der Waals surface area contributed by atoms with Crippen molar-refractivity contribution in [1.82, 2.24) is 0 Å². The maximum atomic E-state index is 9.73. The van der Waals surface area contributed by atoms with Crippen LogP contribution in [0.3, 0.4) is 0 Å². The van der Waals surface area contributed by atoms with Crippen LogP contribution in [0.2, 0.25) is 0 Å². The summed E-state index contributed by atoms with van der Waals surface area (Å²) >= 11 is 0. The molecule has 0 saturated carbocycles. The molecule has 2 aliphatic rings. The van der Waals surface area contributed by atoms with Crippen molar-refractivity contribution in [3.63, 3.8) is 0 Å². The van der Waals surface area contributed by atoms with E-state index >= 15 is 0 Å². The smallest absolute Gasteiger partial charge is 0.231 e. The topological polar surface area (TPSA) is 50.7 Å². The number of phenolic OH excluding ortho intramolecular Hbond substituents is 1. The Morgan fingerprint density at radius 3 is 2.90 bits per heavy atom. The Morgan fingerprint density at radius 1 is 1.05 bits per heavy atom. The Labute approximate surface area is 123 Å². The Morgan fingerprint density at radius 2 is 1.95 bits per heavy atom. The second-order valence-corrected chi connectivity index (χ2v) is 5.54. The van der Waals surface area contributed by atoms with Gasteiger partial charge in [0.2, 0.25) is 6.79 Å². The summed E-state index contributed by atoms with van der Waals surface area (Å²) in [4.78, 5) is 0. The fourth-order valence-corrected chi connectivity index (χ4v) is 3.12. The van der Waals surface area contributed by atoms with Gasteiger partial charge in [-0.1, -0.05) is 6.07 Å². The first-order valence-electron chi connectivity index (χ1n) is 7.27. The number of aromatic hydroxyl groups is 1. The van der Waals surface area contributed by atoms with Crippen LogP contribution >= 0.6 is 0 Å². The van der Waals surface area contributed by atoms with Gasteiger partial charge in [-0.15, -0.1) is 0 Å². The van der Waals surface area contributed by atoms with Crippen molar-refractivity contribution in [1.29, 1.82) is 0 Å². The van der Waals surface area contributed by atoms with Crippen molar-refractivity contribution in [2.75, 3.05) is 12.1 Å². The summed E-state index contributed by atoms with van der Waals surface area (Å²) in [6, 6.07) is 11.8. The lowest BCUT2D eigenvalue weighted by molar-refractivity contribution is 0.174. The lowest BCUT2D eigenvalue weighted by atomic mass is 9.87. The highest BCUT2D eigenvalue weighted by Gasteiger charge is 2.21. The molecule has 1 atom stereocenters. The minimum absolute atomic E-state index is 0.223. The number of aryl methyl sites for hydroxylation is 1. The lowest BCUT2D eigenvalue weighted by Crippen LogP contribution is -2.17. The maximum Gasteiger partial charge on any atom is 0.231 e. The number of rotatable bonds is 2. The van der Waals surface area contributed by atoms with Gasteiger partial charge in [-0.25, -0.2) is 0 Å². The molecule has 1 heterocycles. The average molecular weight is 283 g/mol. The zero-order valence-electron chi connectivity index (χ0n) is 11.6. The second kappa shape index (κ2) is 4.88. The molecule has 0 aromatic heterocycles. The fourth-order valence-electron chi connectivity index (χ4n) is 3.12. The lowest BCUT2D eigenvalue weighted by Gasteiger charge is -2.27. The molecule has 0 bridgehead atoms. The van der Waals surface area contributed by atoms with Gasteiger partial charge in [-0.2, -0.15) is 0 Å². The normalized spacial score (nSPS) is 19.1. The van der Waals surface area contributed by atoms with Gasteiger partial charge in [0.15, 0.2) is 11.5 Å². The summed E-state index contributed by atoms with van der Waals surface area (Å²) in [6.07, 6.45) is 3.29. The van der Waals surface area contributed by atoms with Gasteiger partial charge in [-0.3, -0.25) is 0 Å². The van der Waals surface area contributed by atoms with Crippen LogP contribution in [0.1, 0.15) is 30.0 Å². The molecule has 4 nitrogen and oxygen atoms in total. The number of benzene rings is 2. The zero-order valence-corrected chi connectivity index (χ0v) is 11.6. The highest BCUT2D eigenvalue weighted by molar-refractivity contribution is 5.57. The molecule has 2 N–H and O–H groups in total. The van der Waals surface area contributed by atoms with Crippen LogP contribution in [0.5, 0.6) is 17.2 Å². The van der Waals surface area contributed by atoms with Gasteiger partial charge >= 0.3 is 0 Å². The van der Waals surface area contributed by atoms with Crippen molar-refractivity contribution >= 4 is 5.69 Å². The van der Waals surface area contributed by atoms with E-state index in [1.54, 1.807) is 6.07 Å². The van der Waals surface area contributed by atoms with Crippen molar-refractivity contribution in [3.8, 4) is 17.2 Å². The Bertz CT molecular complexity index is 684. The molecule has 1 aliphatic carbocycles. The Hall–Kier alpha value is -2.36.